The van der Waals surface area contributed by atoms with E-state index >= 15 is 0 Å². The Labute approximate surface area is 163 Å². The van der Waals surface area contributed by atoms with Gasteiger partial charge >= 0.3 is 0 Å². The average molecular weight is 404 g/mol. The quantitative estimate of drug-likeness (QED) is 0.731. The Morgan fingerprint density at radius 3 is 2.69 bits per heavy atom. The number of sulfonamides is 1. The first kappa shape index (κ1) is 22.9. The van der Waals surface area contributed by atoms with Crippen LogP contribution in [0.25, 0.3) is 0 Å². The van der Waals surface area contributed by atoms with Gasteiger partial charge < -0.3 is 10.2 Å². The first-order valence-corrected chi connectivity index (χ1v) is 10.4. The van der Waals surface area contributed by atoms with Crippen LogP contribution < -0.4 is 10.0 Å². The van der Waals surface area contributed by atoms with Crippen molar-refractivity contribution in [2.45, 2.75) is 44.0 Å². The smallest absolute Gasteiger partial charge is 0.254 e. The van der Waals surface area contributed by atoms with Gasteiger partial charge in [-0.15, -0.1) is 12.4 Å². The van der Waals surface area contributed by atoms with Crippen molar-refractivity contribution < 1.29 is 13.2 Å². The fourth-order valence-electron chi connectivity index (χ4n) is 3.03. The first-order chi connectivity index (χ1) is 11.9. The summed E-state index contributed by atoms with van der Waals surface area (Å²) in [6.07, 6.45) is 2.61. The van der Waals surface area contributed by atoms with Gasteiger partial charge in [0.2, 0.25) is 10.0 Å². The van der Waals surface area contributed by atoms with Gasteiger partial charge in [-0.25, -0.2) is 13.1 Å². The Morgan fingerprint density at radius 1 is 1.35 bits per heavy atom. The zero-order chi connectivity index (χ0) is 18.4. The number of amides is 1. The molecule has 2 N–H and O–H groups in total. The van der Waals surface area contributed by atoms with Crippen molar-refractivity contribution in [1.82, 2.24) is 14.9 Å². The molecule has 1 aliphatic rings. The van der Waals surface area contributed by atoms with Crippen LogP contribution in [0.3, 0.4) is 0 Å². The molecule has 2 rings (SSSR count). The molecule has 1 amide bonds. The van der Waals surface area contributed by atoms with Crippen molar-refractivity contribution in [2.24, 2.45) is 5.92 Å². The third-order valence-corrected chi connectivity index (χ3v) is 6.24. The molecule has 1 saturated heterocycles. The Balaban J connectivity index is 0.00000338. The van der Waals surface area contributed by atoms with E-state index in [1.165, 1.54) is 6.07 Å². The summed E-state index contributed by atoms with van der Waals surface area (Å²) in [6.45, 7) is 6.27. The number of piperidine rings is 1. The van der Waals surface area contributed by atoms with E-state index in [0.717, 1.165) is 32.4 Å². The third kappa shape index (κ3) is 5.67. The number of halogens is 1. The van der Waals surface area contributed by atoms with Gasteiger partial charge in [0.1, 0.15) is 0 Å². The molecular weight excluding hydrogens is 374 g/mol. The van der Waals surface area contributed by atoms with Crippen LogP contribution in [0.2, 0.25) is 0 Å². The maximum atomic E-state index is 12.9. The van der Waals surface area contributed by atoms with Gasteiger partial charge in [-0.2, -0.15) is 0 Å². The lowest BCUT2D eigenvalue weighted by Crippen LogP contribution is -2.48. The minimum Gasteiger partial charge on any atom is -0.342 e. The Bertz CT molecular complexity index is 697. The summed E-state index contributed by atoms with van der Waals surface area (Å²) in [4.78, 5) is 14.4. The highest BCUT2D eigenvalue weighted by Crippen LogP contribution is 2.20. The van der Waals surface area contributed by atoms with E-state index in [-0.39, 0.29) is 40.7 Å². The summed E-state index contributed by atoms with van der Waals surface area (Å²) in [6, 6.07) is 6.34. The molecule has 0 bridgehead atoms. The molecule has 0 radical (unpaired) electrons. The first-order valence-electron chi connectivity index (χ1n) is 8.94. The predicted molar refractivity (Wildman–Crippen MR) is 106 cm³/mol. The zero-order valence-corrected chi connectivity index (χ0v) is 17.3. The van der Waals surface area contributed by atoms with E-state index < -0.39 is 10.0 Å². The number of hydrogen-bond donors (Lipinski definition) is 2. The molecule has 148 valence electrons. The number of nitrogens with one attached hydrogen (secondary N) is 2. The van der Waals surface area contributed by atoms with Crippen LogP contribution in [-0.2, 0) is 10.0 Å². The fourth-order valence-corrected chi connectivity index (χ4v) is 4.61. The number of benzene rings is 1. The Kier molecular flexibility index (Phi) is 9.03. The minimum absolute atomic E-state index is 0. The highest BCUT2D eigenvalue weighted by atomic mass is 35.5. The van der Waals surface area contributed by atoms with Crippen LogP contribution in [-0.4, -0.2) is 51.9 Å². The van der Waals surface area contributed by atoms with Crippen LogP contribution in [0.1, 0.15) is 43.5 Å². The zero-order valence-electron chi connectivity index (χ0n) is 15.7. The molecule has 1 heterocycles. The molecule has 0 aliphatic carbocycles. The van der Waals surface area contributed by atoms with Gasteiger partial charge in [0.05, 0.1) is 10.5 Å². The molecule has 6 nitrogen and oxygen atoms in total. The average Bonchev–Trinajstić information content (AvgIpc) is 2.61. The lowest BCUT2D eigenvalue weighted by atomic mass is 9.97. The molecular formula is C18H30ClN3O3S. The predicted octanol–water partition coefficient (Wildman–Crippen LogP) is 2.26. The van der Waals surface area contributed by atoms with Gasteiger partial charge in [-0.1, -0.05) is 32.4 Å². The number of carbonyl (C=O) groups is 1. The van der Waals surface area contributed by atoms with Crippen LogP contribution in [0.4, 0.5) is 0 Å². The Hall–Kier alpha value is -1.15. The number of unbranched alkanes of at least 4 members (excludes halogenated alkanes) is 1. The highest BCUT2D eigenvalue weighted by Gasteiger charge is 2.29. The van der Waals surface area contributed by atoms with Crippen molar-refractivity contribution in [3.8, 4) is 0 Å². The standard InChI is InChI=1S/C18H29N3O3S.ClH/c1-4-5-12-21(3)18(22)15-8-6-7-9-17(15)25(23,24)20-16-10-11-19-13-14(16)2;/h6-9,14,16,19-20H,4-5,10-13H2,1-3H3;1H. The fraction of sp³-hybridized carbons (Fsp3) is 0.611. The van der Waals surface area contributed by atoms with Gasteiger partial charge in [-0.3, -0.25) is 4.79 Å². The van der Waals surface area contributed by atoms with Gasteiger partial charge in [0.25, 0.3) is 5.91 Å². The molecule has 0 saturated carbocycles. The molecule has 0 spiro atoms. The van der Waals surface area contributed by atoms with Gasteiger partial charge in [0.15, 0.2) is 0 Å². The number of carbonyl (C=O) groups excluding carboxylic acids is 1. The van der Waals surface area contributed by atoms with Crippen molar-refractivity contribution in [2.75, 3.05) is 26.7 Å². The number of nitrogens with zero attached hydrogens (tertiary/aromatic N) is 1. The molecule has 26 heavy (non-hydrogen) atoms. The summed E-state index contributed by atoms with van der Waals surface area (Å²) in [5.41, 5.74) is 0.232. The summed E-state index contributed by atoms with van der Waals surface area (Å²) in [7, 11) is -2.04. The third-order valence-electron chi connectivity index (χ3n) is 4.69. The molecule has 1 aromatic carbocycles. The van der Waals surface area contributed by atoms with Crippen molar-refractivity contribution in [1.29, 1.82) is 0 Å². The normalized spacial score (nSPS) is 20.3. The molecule has 2 unspecified atom stereocenters. The van der Waals surface area contributed by atoms with Crippen LogP contribution in [0.15, 0.2) is 29.2 Å². The van der Waals surface area contributed by atoms with Crippen molar-refractivity contribution in [3.63, 3.8) is 0 Å². The number of hydrogen-bond acceptors (Lipinski definition) is 4. The maximum Gasteiger partial charge on any atom is 0.254 e. The lowest BCUT2D eigenvalue weighted by Gasteiger charge is -2.30. The van der Waals surface area contributed by atoms with Crippen LogP contribution in [0.5, 0.6) is 0 Å². The Morgan fingerprint density at radius 2 is 2.04 bits per heavy atom. The molecule has 1 aliphatic heterocycles. The number of rotatable bonds is 7. The van der Waals surface area contributed by atoms with Gasteiger partial charge in [-0.05, 0) is 44.0 Å². The second-order valence-electron chi connectivity index (χ2n) is 6.77. The second kappa shape index (κ2) is 10.3. The van der Waals surface area contributed by atoms with Crippen molar-refractivity contribution in [3.05, 3.63) is 29.8 Å². The van der Waals surface area contributed by atoms with E-state index in [1.54, 1.807) is 30.1 Å². The lowest BCUT2D eigenvalue weighted by molar-refractivity contribution is 0.0789. The van der Waals surface area contributed by atoms with Gasteiger partial charge in [0, 0.05) is 19.6 Å². The van der Waals surface area contributed by atoms with E-state index in [0.29, 0.717) is 6.54 Å². The molecule has 8 heteroatoms. The van der Waals surface area contributed by atoms with Crippen LogP contribution in [0, 0.1) is 5.92 Å². The van der Waals surface area contributed by atoms with E-state index in [2.05, 4.69) is 17.0 Å². The summed E-state index contributed by atoms with van der Waals surface area (Å²) in [5.74, 6) is -0.0496. The second-order valence-corrected chi connectivity index (χ2v) is 8.46. The minimum atomic E-state index is -3.75. The molecule has 0 aromatic heterocycles. The van der Waals surface area contributed by atoms with E-state index in [9.17, 15) is 13.2 Å². The molecule has 2 atom stereocenters. The molecule has 1 fully saturated rings. The topological polar surface area (TPSA) is 78.5 Å². The summed E-state index contributed by atoms with van der Waals surface area (Å²) >= 11 is 0. The highest BCUT2D eigenvalue weighted by molar-refractivity contribution is 7.89. The molecule has 1 aromatic rings. The van der Waals surface area contributed by atoms with E-state index in [4.69, 9.17) is 0 Å². The maximum absolute atomic E-state index is 12.9. The van der Waals surface area contributed by atoms with Crippen LogP contribution >= 0.6 is 12.4 Å². The van der Waals surface area contributed by atoms with Crippen molar-refractivity contribution >= 4 is 28.3 Å². The SMILES string of the molecule is CCCCN(C)C(=O)c1ccccc1S(=O)(=O)NC1CCNCC1C.Cl. The largest absolute Gasteiger partial charge is 0.342 e. The summed E-state index contributed by atoms with van der Waals surface area (Å²) < 4.78 is 28.6. The monoisotopic (exact) mass is 403 g/mol. The summed E-state index contributed by atoms with van der Waals surface area (Å²) in [5, 5.41) is 3.26. The van der Waals surface area contributed by atoms with E-state index in [1.807, 2.05) is 6.92 Å².